The molecule has 0 saturated heterocycles. The molecule has 0 aliphatic rings. The van der Waals surface area contributed by atoms with Crippen molar-refractivity contribution in [2.24, 2.45) is 11.1 Å². The van der Waals surface area contributed by atoms with E-state index in [-0.39, 0.29) is 22.4 Å². The van der Waals surface area contributed by atoms with Crippen molar-refractivity contribution in [2.75, 3.05) is 6.26 Å². The summed E-state index contributed by atoms with van der Waals surface area (Å²) in [6.07, 6.45) is 4.95. The van der Waals surface area contributed by atoms with Crippen LogP contribution in [0.4, 0.5) is 0 Å². The van der Waals surface area contributed by atoms with Gasteiger partial charge >= 0.3 is 0 Å². The Hall–Kier alpha value is -0.880. The number of nitrogens with two attached hydrogens (primary N) is 1. The van der Waals surface area contributed by atoms with Crippen LogP contribution in [0.5, 0.6) is 0 Å². The summed E-state index contributed by atoms with van der Waals surface area (Å²) >= 11 is 0. The Morgan fingerprint density at radius 3 is 2.33 bits per heavy atom. The molecule has 0 saturated carbocycles. The van der Waals surface area contributed by atoms with Crippen molar-refractivity contribution in [1.29, 1.82) is 0 Å². The highest BCUT2D eigenvalue weighted by Gasteiger charge is 2.32. The van der Waals surface area contributed by atoms with E-state index in [9.17, 15) is 8.42 Å². The molecule has 6 heteroatoms. The number of rotatable bonds is 4. The van der Waals surface area contributed by atoms with Crippen LogP contribution in [0.25, 0.3) is 0 Å². The van der Waals surface area contributed by atoms with Gasteiger partial charge in [0.25, 0.3) is 0 Å². The second-order valence-corrected chi connectivity index (χ2v) is 7.83. The molecule has 0 aliphatic heterocycles. The van der Waals surface area contributed by atoms with Gasteiger partial charge in [-0.15, -0.1) is 0 Å². The van der Waals surface area contributed by atoms with Crippen molar-refractivity contribution in [3.8, 4) is 0 Å². The molecule has 0 aromatic carbocycles. The Balaban J connectivity index is 3.20. The lowest BCUT2D eigenvalue weighted by Crippen LogP contribution is -2.40. The van der Waals surface area contributed by atoms with Gasteiger partial charge in [-0.1, -0.05) is 27.7 Å². The minimum Gasteiger partial charge on any atom is -0.326 e. The van der Waals surface area contributed by atoms with Gasteiger partial charge in [-0.25, -0.2) is 8.42 Å². The molecule has 2 N–H and O–H groups in total. The maximum atomic E-state index is 11.5. The first-order valence-electron chi connectivity index (χ1n) is 6.07. The van der Waals surface area contributed by atoms with Crippen molar-refractivity contribution >= 4 is 9.84 Å². The molecule has 0 aliphatic carbocycles. The van der Waals surface area contributed by atoms with Gasteiger partial charge in [0.05, 0.1) is 12.2 Å². The zero-order valence-corrected chi connectivity index (χ0v) is 12.5. The van der Waals surface area contributed by atoms with E-state index in [2.05, 4.69) is 25.9 Å². The Kier molecular flexibility index (Phi) is 4.23. The average Bonchev–Trinajstić information content (AvgIpc) is 2.63. The molecule has 0 radical (unpaired) electrons. The lowest BCUT2D eigenvalue weighted by molar-refractivity contribution is 0.186. The van der Waals surface area contributed by atoms with Gasteiger partial charge in [-0.2, -0.15) is 5.10 Å². The van der Waals surface area contributed by atoms with E-state index in [1.807, 2.05) is 6.92 Å². The minimum atomic E-state index is -3.22. The predicted octanol–water partition coefficient (Wildman–Crippen LogP) is 1.61. The Bertz CT molecular complexity index is 500. The van der Waals surface area contributed by atoms with E-state index in [0.717, 1.165) is 6.42 Å². The van der Waals surface area contributed by atoms with Crippen molar-refractivity contribution in [2.45, 2.75) is 51.1 Å². The largest absolute Gasteiger partial charge is 0.326 e. The molecule has 0 fully saturated rings. The summed E-state index contributed by atoms with van der Waals surface area (Å²) in [5, 5.41) is 4.18. The molecule has 0 bridgehead atoms. The van der Waals surface area contributed by atoms with Crippen molar-refractivity contribution < 1.29 is 8.42 Å². The third-order valence-corrected chi connectivity index (χ3v) is 4.12. The summed E-state index contributed by atoms with van der Waals surface area (Å²) in [5.41, 5.74) is 6.06. The van der Waals surface area contributed by atoms with Crippen LogP contribution in [0.3, 0.4) is 0 Å². The van der Waals surface area contributed by atoms with Crippen LogP contribution < -0.4 is 5.73 Å². The van der Waals surface area contributed by atoms with Crippen LogP contribution in [-0.2, 0) is 9.84 Å². The molecule has 18 heavy (non-hydrogen) atoms. The molecule has 0 spiro atoms. The topological polar surface area (TPSA) is 78.0 Å². The Labute approximate surface area is 109 Å². The van der Waals surface area contributed by atoms with Crippen molar-refractivity contribution in [3.05, 3.63) is 12.4 Å². The van der Waals surface area contributed by atoms with Crippen molar-refractivity contribution in [3.63, 3.8) is 0 Å². The molecule has 1 aromatic rings. The smallest absolute Gasteiger partial charge is 0.178 e. The summed E-state index contributed by atoms with van der Waals surface area (Å²) in [4.78, 5) is 0.236. The summed E-state index contributed by atoms with van der Waals surface area (Å²) in [7, 11) is -3.22. The van der Waals surface area contributed by atoms with E-state index in [4.69, 9.17) is 5.73 Å². The first-order valence-corrected chi connectivity index (χ1v) is 7.96. The molecular formula is C12H23N3O2S. The molecule has 2 atom stereocenters. The van der Waals surface area contributed by atoms with Crippen LogP contribution in [0.2, 0.25) is 0 Å². The highest BCUT2D eigenvalue weighted by Crippen LogP contribution is 2.33. The first kappa shape index (κ1) is 15.2. The van der Waals surface area contributed by atoms with Gasteiger partial charge in [0, 0.05) is 18.5 Å². The fourth-order valence-corrected chi connectivity index (χ4v) is 2.66. The summed E-state index contributed by atoms with van der Waals surface area (Å²) in [6.45, 7) is 8.25. The maximum Gasteiger partial charge on any atom is 0.178 e. The summed E-state index contributed by atoms with van der Waals surface area (Å²) in [5.74, 6) is 0. The molecule has 0 amide bonds. The Morgan fingerprint density at radius 1 is 1.44 bits per heavy atom. The van der Waals surface area contributed by atoms with Gasteiger partial charge in [0.1, 0.15) is 4.90 Å². The quantitative estimate of drug-likeness (QED) is 0.904. The molecule has 1 heterocycles. The van der Waals surface area contributed by atoms with Gasteiger partial charge in [-0.3, -0.25) is 4.68 Å². The second-order valence-electron chi connectivity index (χ2n) is 5.81. The van der Waals surface area contributed by atoms with Crippen LogP contribution in [-0.4, -0.2) is 30.5 Å². The highest BCUT2D eigenvalue weighted by atomic mass is 32.2. The average molecular weight is 273 g/mol. The summed E-state index contributed by atoms with van der Waals surface area (Å²) < 4.78 is 24.6. The zero-order valence-electron chi connectivity index (χ0n) is 11.7. The number of sulfone groups is 1. The zero-order chi connectivity index (χ0) is 14.1. The number of aromatic nitrogens is 2. The molecule has 1 rings (SSSR count). The van der Waals surface area contributed by atoms with Crippen LogP contribution in [0.15, 0.2) is 17.3 Å². The van der Waals surface area contributed by atoms with E-state index in [1.54, 1.807) is 10.9 Å². The van der Waals surface area contributed by atoms with Crippen LogP contribution in [0.1, 0.15) is 40.2 Å². The standard InChI is InChI=1S/C12H23N3O2S/c1-6-10(13)11(12(2,3)4)15-8-9(7-14-15)18(5,16)17/h7-8,10-11H,6,13H2,1-5H3. The third kappa shape index (κ3) is 3.32. The SMILES string of the molecule is CCC(N)C(n1cc(S(C)(=O)=O)cn1)C(C)(C)C. The number of hydrogen-bond acceptors (Lipinski definition) is 4. The first-order chi connectivity index (χ1) is 8.07. The minimum absolute atomic E-state index is 0.0296. The van der Waals surface area contributed by atoms with E-state index in [0.29, 0.717) is 0 Å². The number of hydrogen-bond donors (Lipinski definition) is 1. The van der Waals surface area contributed by atoms with E-state index in [1.165, 1.54) is 12.5 Å². The fourth-order valence-electron chi connectivity index (χ4n) is 2.12. The Morgan fingerprint density at radius 2 is 2.00 bits per heavy atom. The lowest BCUT2D eigenvalue weighted by Gasteiger charge is -2.35. The van der Waals surface area contributed by atoms with Gasteiger partial charge in [0.15, 0.2) is 9.84 Å². The van der Waals surface area contributed by atoms with Gasteiger partial charge < -0.3 is 5.73 Å². The van der Waals surface area contributed by atoms with E-state index < -0.39 is 9.84 Å². The van der Waals surface area contributed by atoms with Gasteiger partial charge in [0.2, 0.25) is 0 Å². The third-order valence-electron chi connectivity index (χ3n) is 3.06. The monoisotopic (exact) mass is 273 g/mol. The van der Waals surface area contributed by atoms with Crippen LogP contribution in [0, 0.1) is 5.41 Å². The molecule has 1 aromatic heterocycles. The molecule has 5 nitrogen and oxygen atoms in total. The van der Waals surface area contributed by atoms with E-state index >= 15 is 0 Å². The fraction of sp³-hybridized carbons (Fsp3) is 0.750. The van der Waals surface area contributed by atoms with Crippen molar-refractivity contribution in [1.82, 2.24) is 9.78 Å². The van der Waals surface area contributed by atoms with Gasteiger partial charge in [-0.05, 0) is 11.8 Å². The second kappa shape index (κ2) is 5.01. The lowest BCUT2D eigenvalue weighted by atomic mass is 9.82. The normalized spacial score (nSPS) is 16.6. The summed E-state index contributed by atoms with van der Waals surface area (Å²) in [6, 6.07) is -0.0877. The number of nitrogens with zero attached hydrogens (tertiary/aromatic N) is 2. The molecule has 104 valence electrons. The maximum absolute atomic E-state index is 11.5. The molecular weight excluding hydrogens is 250 g/mol. The van der Waals surface area contributed by atoms with Crippen LogP contribution >= 0.6 is 0 Å². The highest BCUT2D eigenvalue weighted by molar-refractivity contribution is 7.90. The molecule has 2 unspecified atom stereocenters. The predicted molar refractivity (Wildman–Crippen MR) is 72.1 cm³/mol.